The standard InChI is InChI=1S/C12H15N5OS/c1-2-3-14-10-7-13-6-9(17-10)12(18)16-8-11-15-4-5-19-11/h4-7H,2-3,8H2,1H3,(H,14,17)(H,16,18). The van der Waals surface area contributed by atoms with Gasteiger partial charge >= 0.3 is 0 Å². The fourth-order valence-electron chi connectivity index (χ4n) is 1.40. The fourth-order valence-corrected chi connectivity index (χ4v) is 1.96. The second-order valence-electron chi connectivity index (χ2n) is 3.82. The van der Waals surface area contributed by atoms with Crippen LogP contribution in [0.4, 0.5) is 5.82 Å². The molecule has 0 unspecified atom stereocenters. The minimum absolute atomic E-state index is 0.247. The van der Waals surface area contributed by atoms with Crippen molar-refractivity contribution >= 4 is 23.1 Å². The molecule has 0 atom stereocenters. The van der Waals surface area contributed by atoms with Gasteiger partial charge in [-0.15, -0.1) is 11.3 Å². The minimum Gasteiger partial charge on any atom is -0.369 e. The summed E-state index contributed by atoms with van der Waals surface area (Å²) < 4.78 is 0. The molecule has 0 bridgehead atoms. The van der Waals surface area contributed by atoms with Crippen molar-refractivity contribution in [3.63, 3.8) is 0 Å². The summed E-state index contributed by atoms with van der Waals surface area (Å²) in [6, 6.07) is 0. The zero-order valence-corrected chi connectivity index (χ0v) is 11.4. The first-order valence-corrected chi connectivity index (χ1v) is 6.90. The van der Waals surface area contributed by atoms with Crippen molar-refractivity contribution < 1.29 is 4.79 Å². The van der Waals surface area contributed by atoms with Crippen LogP contribution >= 0.6 is 11.3 Å². The topological polar surface area (TPSA) is 79.8 Å². The Hall–Kier alpha value is -2.02. The predicted octanol–water partition coefficient (Wildman–Crippen LogP) is 1.68. The van der Waals surface area contributed by atoms with Gasteiger partial charge < -0.3 is 10.6 Å². The quantitative estimate of drug-likeness (QED) is 0.840. The van der Waals surface area contributed by atoms with Gasteiger partial charge in [-0.3, -0.25) is 9.78 Å². The van der Waals surface area contributed by atoms with Gasteiger partial charge in [-0.1, -0.05) is 6.92 Å². The lowest BCUT2D eigenvalue weighted by atomic mass is 10.4. The molecule has 1 amide bonds. The van der Waals surface area contributed by atoms with Gasteiger partial charge in [0.25, 0.3) is 5.91 Å². The molecule has 2 N–H and O–H groups in total. The second-order valence-corrected chi connectivity index (χ2v) is 4.80. The Bertz CT molecular complexity index is 529. The molecule has 6 nitrogen and oxygen atoms in total. The highest BCUT2D eigenvalue weighted by atomic mass is 32.1. The van der Waals surface area contributed by atoms with E-state index in [1.807, 2.05) is 5.38 Å². The molecule has 0 aliphatic carbocycles. The molecule has 0 aliphatic heterocycles. The van der Waals surface area contributed by atoms with Crippen molar-refractivity contribution in [3.8, 4) is 0 Å². The monoisotopic (exact) mass is 277 g/mol. The van der Waals surface area contributed by atoms with E-state index in [9.17, 15) is 4.79 Å². The van der Waals surface area contributed by atoms with Crippen molar-refractivity contribution in [2.24, 2.45) is 0 Å². The normalized spacial score (nSPS) is 10.2. The summed E-state index contributed by atoms with van der Waals surface area (Å²) in [5.41, 5.74) is 0.303. The molecule has 2 heterocycles. The molecule has 19 heavy (non-hydrogen) atoms. The zero-order chi connectivity index (χ0) is 13.5. The van der Waals surface area contributed by atoms with Gasteiger partial charge in [0.05, 0.1) is 18.9 Å². The van der Waals surface area contributed by atoms with Crippen molar-refractivity contribution in [2.45, 2.75) is 19.9 Å². The molecule has 0 aliphatic rings. The maximum absolute atomic E-state index is 11.9. The zero-order valence-electron chi connectivity index (χ0n) is 10.6. The van der Waals surface area contributed by atoms with E-state index in [0.29, 0.717) is 18.1 Å². The maximum atomic E-state index is 11.9. The smallest absolute Gasteiger partial charge is 0.271 e. The van der Waals surface area contributed by atoms with E-state index in [0.717, 1.165) is 18.0 Å². The number of nitrogens with one attached hydrogen (secondary N) is 2. The number of nitrogens with zero attached hydrogens (tertiary/aromatic N) is 3. The molecule has 2 aromatic heterocycles. The van der Waals surface area contributed by atoms with Crippen LogP contribution in [0.15, 0.2) is 24.0 Å². The van der Waals surface area contributed by atoms with Crippen LogP contribution in [0.5, 0.6) is 0 Å². The summed E-state index contributed by atoms with van der Waals surface area (Å²) >= 11 is 1.50. The highest BCUT2D eigenvalue weighted by molar-refractivity contribution is 7.09. The minimum atomic E-state index is -0.247. The molecule has 100 valence electrons. The number of hydrogen-bond donors (Lipinski definition) is 2. The lowest BCUT2D eigenvalue weighted by molar-refractivity contribution is 0.0945. The first-order chi connectivity index (χ1) is 9.29. The summed E-state index contributed by atoms with van der Waals surface area (Å²) in [5.74, 6) is 0.367. The van der Waals surface area contributed by atoms with Gasteiger partial charge in [0.1, 0.15) is 16.5 Å². The average molecular weight is 277 g/mol. The Balaban J connectivity index is 1.94. The van der Waals surface area contributed by atoms with Gasteiger partial charge in [-0.25, -0.2) is 9.97 Å². The third-order valence-electron chi connectivity index (χ3n) is 2.31. The number of thiazole rings is 1. The van der Waals surface area contributed by atoms with Crippen LogP contribution in [0, 0.1) is 0 Å². The van der Waals surface area contributed by atoms with Crippen LogP contribution in [0.25, 0.3) is 0 Å². The SMILES string of the molecule is CCCNc1cncc(C(=O)NCc2nccs2)n1. The van der Waals surface area contributed by atoms with E-state index in [2.05, 4.69) is 32.5 Å². The third kappa shape index (κ3) is 3.99. The van der Waals surface area contributed by atoms with E-state index in [1.165, 1.54) is 17.5 Å². The van der Waals surface area contributed by atoms with Crippen LogP contribution in [0.2, 0.25) is 0 Å². The predicted molar refractivity (Wildman–Crippen MR) is 74.1 cm³/mol. The van der Waals surface area contributed by atoms with Crippen molar-refractivity contribution in [1.82, 2.24) is 20.3 Å². The summed E-state index contributed by atoms with van der Waals surface area (Å²) in [5, 5.41) is 8.59. The number of carbonyl (C=O) groups excluding carboxylic acids is 1. The van der Waals surface area contributed by atoms with E-state index in [4.69, 9.17) is 0 Å². The van der Waals surface area contributed by atoms with E-state index >= 15 is 0 Å². The number of rotatable bonds is 6. The Morgan fingerprint density at radius 1 is 1.42 bits per heavy atom. The number of amides is 1. The molecule has 0 saturated carbocycles. The summed E-state index contributed by atoms with van der Waals surface area (Å²) in [6.45, 7) is 3.27. The molecule has 2 rings (SSSR count). The number of carbonyl (C=O) groups is 1. The molecule has 0 aromatic carbocycles. The Kier molecular flexibility index (Phi) is 4.79. The summed E-state index contributed by atoms with van der Waals surface area (Å²) in [6.07, 6.45) is 5.75. The lowest BCUT2D eigenvalue weighted by Gasteiger charge is -2.06. The summed E-state index contributed by atoms with van der Waals surface area (Å²) in [7, 11) is 0. The summed E-state index contributed by atoms with van der Waals surface area (Å²) in [4.78, 5) is 24.2. The molecular weight excluding hydrogens is 262 g/mol. The van der Waals surface area contributed by atoms with Gasteiger partial charge in [0.2, 0.25) is 0 Å². The van der Waals surface area contributed by atoms with E-state index in [1.54, 1.807) is 12.4 Å². The highest BCUT2D eigenvalue weighted by Gasteiger charge is 2.09. The molecule has 0 spiro atoms. The van der Waals surface area contributed by atoms with Crippen molar-refractivity contribution in [1.29, 1.82) is 0 Å². The first-order valence-electron chi connectivity index (χ1n) is 6.02. The lowest BCUT2D eigenvalue weighted by Crippen LogP contribution is -2.24. The molecular formula is C12H15N5OS. The van der Waals surface area contributed by atoms with Gasteiger partial charge in [-0.2, -0.15) is 0 Å². The number of anilines is 1. The highest BCUT2D eigenvalue weighted by Crippen LogP contribution is 2.05. The van der Waals surface area contributed by atoms with Crippen LogP contribution in [-0.4, -0.2) is 27.4 Å². The van der Waals surface area contributed by atoms with Crippen LogP contribution < -0.4 is 10.6 Å². The number of aromatic nitrogens is 3. The first kappa shape index (κ1) is 13.4. The molecule has 0 radical (unpaired) electrons. The van der Waals surface area contributed by atoms with Crippen molar-refractivity contribution in [3.05, 3.63) is 34.7 Å². The van der Waals surface area contributed by atoms with Gasteiger partial charge in [0.15, 0.2) is 0 Å². The van der Waals surface area contributed by atoms with E-state index in [-0.39, 0.29) is 5.91 Å². The third-order valence-corrected chi connectivity index (χ3v) is 3.09. The fraction of sp³-hybridized carbons (Fsp3) is 0.333. The van der Waals surface area contributed by atoms with Crippen molar-refractivity contribution in [2.75, 3.05) is 11.9 Å². The van der Waals surface area contributed by atoms with E-state index < -0.39 is 0 Å². The molecule has 2 aromatic rings. The average Bonchev–Trinajstić information content (AvgIpc) is 2.96. The molecule has 0 saturated heterocycles. The molecule has 7 heteroatoms. The Morgan fingerprint density at radius 2 is 2.32 bits per heavy atom. The Morgan fingerprint density at radius 3 is 3.05 bits per heavy atom. The van der Waals surface area contributed by atoms with Crippen LogP contribution in [-0.2, 0) is 6.54 Å². The van der Waals surface area contributed by atoms with Crippen LogP contribution in [0.1, 0.15) is 28.8 Å². The van der Waals surface area contributed by atoms with Gasteiger partial charge in [-0.05, 0) is 6.42 Å². The Labute approximate surface area is 115 Å². The number of hydrogen-bond acceptors (Lipinski definition) is 6. The van der Waals surface area contributed by atoms with Crippen LogP contribution in [0.3, 0.4) is 0 Å². The second kappa shape index (κ2) is 6.79. The van der Waals surface area contributed by atoms with Gasteiger partial charge in [0, 0.05) is 18.1 Å². The largest absolute Gasteiger partial charge is 0.369 e. The molecule has 0 fully saturated rings. The maximum Gasteiger partial charge on any atom is 0.271 e.